The van der Waals surface area contributed by atoms with Crippen molar-refractivity contribution < 1.29 is 9.84 Å². The van der Waals surface area contributed by atoms with Gasteiger partial charge < -0.3 is 9.84 Å². The summed E-state index contributed by atoms with van der Waals surface area (Å²) in [4.78, 5) is 4.13. The molecule has 104 valence electrons. The zero-order chi connectivity index (χ0) is 14.5. The molecule has 3 nitrogen and oxygen atoms in total. The van der Waals surface area contributed by atoms with E-state index in [0.717, 1.165) is 16.9 Å². The fourth-order valence-electron chi connectivity index (χ4n) is 2.07. The number of pyridine rings is 1. The van der Waals surface area contributed by atoms with Crippen LogP contribution in [0.1, 0.15) is 5.56 Å². The van der Waals surface area contributed by atoms with Crippen LogP contribution in [0.4, 0.5) is 0 Å². The van der Waals surface area contributed by atoms with Crippen molar-refractivity contribution in [2.45, 2.75) is 6.61 Å². The van der Waals surface area contributed by atoms with E-state index in [4.69, 9.17) is 9.84 Å². The number of ether oxygens (including phenoxy) is 1. The number of aliphatic hydroxyl groups is 1. The third kappa shape index (κ3) is 3.27. The molecule has 3 aromatic rings. The molecule has 0 radical (unpaired) electrons. The predicted octanol–water partition coefficient (Wildman–Crippen LogP) is 4.03. The van der Waals surface area contributed by atoms with Crippen molar-refractivity contribution >= 4 is 0 Å². The quantitative estimate of drug-likeness (QED) is 0.782. The minimum atomic E-state index is -0.0220. The van der Waals surface area contributed by atoms with Gasteiger partial charge in [0.2, 0.25) is 5.88 Å². The molecule has 21 heavy (non-hydrogen) atoms. The van der Waals surface area contributed by atoms with Crippen LogP contribution in [-0.2, 0) is 6.61 Å². The van der Waals surface area contributed by atoms with Gasteiger partial charge in [0.1, 0.15) is 5.75 Å². The lowest BCUT2D eigenvalue weighted by Crippen LogP contribution is -1.90. The van der Waals surface area contributed by atoms with Crippen LogP contribution in [0.2, 0.25) is 0 Å². The molecule has 0 amide bonds. The molecule has 1 N–H and O–H groups in total. The highest BCUT2D eigenvalue weighted by Crippen LogP contribution is 2.25. The summed E-state index contributed by atoms with van der Waals surface area (Å²) in [5.41, 5.74) is 3.09. The summed E-state index contributed by atoms with van der Waals surface area (Å²) < 4.78 is 5.69. The van der Waals surface area contributed by atoms with Crippen LogP contribution >= 0.6 is 0 Å². The minimum Gasteiger partial charge on any atom is -0.439 e. The van der Waals surface area contributed by atoms with E-state index < -0.39 is 0 Å². The van der Waals surface area contributed by atoms with Gasteiger partial charge in [0, 0.05) is 12.3 Å². The Labute approximate surface area is 123 Å². The monoisotopic (exact) mass is 277 g/mol. The second-order valence-electron chi connectivity index (χ2n) is 4.65. The van der Waals surface area contributed by atoms with Gasteiger partial charge in [-0.2, -0.15) is 0 Å². The molecule has 0 atom stereocenters. The summed E-state index contributed by atoms with van der Waals surface area (Å²) in [6.45, 7) is -0.0220. The third-order valence-corrected chi connectivity index (χ3v) is 3.17. The van der Waals surface area contributed by atoms with E-state index in [-0.39, 0.29) is 6.61 Å². The number of aliphatic hydroxyl groups excluding tert-OH is 1. The Kier molecular flexibility index (Phi) is 3.94. The molecule has 3 rings (SSSR count). The van der Waals surface area contributed by atoms with E-state index in [1.165, 1.54) is 5.56 Å². The highest BCUT2D eigenvalue weighted by Gasteiger charge is 2.01. The molecule has 0 aliphatic carbocycles. The van der Waals surface area contributed by atoms with E-state index in [2.05, 4.69) is 17.1 Å². The Hall–Kier alpha value is -2.65. The van der Waals surface area contributed by atoms with Crippen molar-refractivity contribution in [3.63, 3.8) is 0 Å². The fourth-order valence-corrected chi connectivity index (χ4v) is 2.07. The Morgan fingerprint density at radius 1 is 0.857 bits per heavy atom. The highest BCUT2D eigenvalue weighted by atomic mass is 16.5. The van der Waals surface area contributed by atoms with E-state index in [1.807, 2.05) is 42.5 Å². The lowest BCUT2D eigenvalue weighted by Gasteiger charge is -2.07. The van der Waals surface area contributed by atoms with E-state index in [9.17, 15) is 0 Å². The topological polar surface area (TPSA) is 42.4 Å². The smallest absolute Gasteiger partial charge is 0.219 e. The van der Waals surface area contributed by atoms with Crippen LogP contribution in [0.3, 0.4) is 0 Å². The van der Waals surface area contributed by atoms with Crippen LogP contribution in [0, 0.1) is 0 Å². The number of rotatable bonds is 4. The van der Waals surface area contributed by atoms with Gasteiger partial charge in [0.15, 0.2) is 0 Å². The molecule has 0 spiro atoms. The van der Waals surface area contributed by atoms with Gasteiger partial charge in [0.05, 0.1) is 6.61 Å². The summed E-state index contributed by atoms with van der Waals surface area (Å²) in [5.74, 6) is 1.20. The van der Waals surface area contributed by atoms with Gasteiger partial charge in [-0.05, 0) is 34.9 Å². The molecule has 1 heterocycles. The molecule has 0 fully saturated rings. The Balaban J connectivity index is 1.78. The first-order chi connectivity index (χ1) is 10.3. The van der Waals surface area contributed by atoms with Crippen molar-refractivity contribution in [2.24, 2.45) is 0 Å². The normalized spacial score (nSPS) is 10.3. The average molecular weight is 277 g/mol. The van der Waals surface area contributed by atoms with Crippen LogP contribution in [0.25, 0.3) is 11.1 Å². The molecule has 0 aliphatic heterocycles. The van der Waals surface area contributed by atoms with Crippen LogP contribution in [0.15, 0.2) is 72.9 Å². The van der Waals surface area contributed by atoms with E-state index in [0.29, 0.717) is 5.88 Å². The molecule has 1 aromatic heterocycles. The highest BCUT2D eigenvalue weighted by molar-refractivity contribution is 5.63. The molecule has 0 bridgehead atoms. The van der Waals surface area contributed by atoms with Gasteiger partial charge in [-0.25, -0.2) is 4.98 Å². The molecular formula is C18H15NO2. The van der Waals surface area contributed by atoms with Gasteiger partial charge in [0.25, 0.3) is 0 Å². The fraction of sp³-hybridized carbons (Fsp3) is 0.0556. The average Bonchev–Trinajstić information content (AvgIpc) is 2.56. The SMILES string of the molecule is OCc1ccnc(Oc2ccc(-c3ccccc3)cc2)c1. The van der Waals surface area contributed by atoms with E-state index in [1.54, 1.807) is 18.3 Å². The number of hydrogen-bond donors (Lipinski definition) is 1. The second-order valence-corrected chi connectivity index (χ2v) is 4.65. The number of aromatic nitrogens is 1. The molecule has 0 aliphatic rings. The maximum absolute atomic E-state index is 9.11. The maximum atomic E-state index is 9.11. The summed E-state index contributed by atoms with van der Waals surface area (Å²) in [5, 5.41) is 9.11. The summed E-state index contributed by atoms with van der Waals surface area (Å²) >= 11 is 0. The first kappa shape index (κ1) is 13.3. The molecular weight excluding hydrogens is 262 g/mol. The van der Waals surface area contributed by atoms with Gasteiger partial charge in [-0.1, -0.05) is 42.5 Å². The third-order valence-electron chi connectivity index (χ3n) is 3.17. The van der Waals surface area contributed by atoms with Gasteiger partial charge >= 0.3 is 0 Å². The lowest BCUT2D eigenvalue weighted by atomic mass is 10.1. The first-order valence-corrected chi connectivity index (χ1v) is 6.74. The minimum absolute atomic E-state index is 0.0220. The van der Waals surface area contributed by atoms with Crippen molar-refractivity contribution in [3.8, 4) is 22.8 Å². The first-order valence-electron chi connectivity index (χ1n) is 6.74. The van der Waals surface area contributed by atoms with Gasteiger partial charge in [-0.3, -0.25) is 0 Å². The largest absolute Gasteiger partial charge is 0.439 e. The number of benzene rings is 2. The zero-order valence-electron chi connectivity index (χ0n) is 11.4. The molecule has 0 saturated carbocycles. The van der Waals surface area contributed by atoms with Crippen molar-refractivity contribution in [1.29, 1.82) is 0 Å². The van der Waals surface area contributed by atoms with Crippen molar-refractivity contribution in [2.75, 3.05) is 0 Å². The van der Waals surface area contributed by atoms with Crippen LogP contribution in [-0.4, -0.2) is 10.1 Å². The lowest BCUT2D eigenvalue weighted by molar-refractivity contribution is 0.281. The van der Waals surface area contributed by atoms with E-state index >= 15 is 0 Å². The molecule has 0 unspecified atom stereocenters. The standard InChI is InChI=1S/C18H15NO2/c20-13-14-10-11-19-18(12-14)21-17-8-6-16(7-9-17)15-4-2-1-3-5-15/h1-12,20H,13H2. The van der Waals surface area contributed by atoms with Crippen LogP contribution in [0.5, 0.6) is 11.6 Å². The van der Waals surface area contributed by atoms with Crippen LogP contribution < -0.4 is 4.74 Å². The predicted molar refractivity (Wildman–Crippen MR) is 82.1 cm³/mol. The Bertz CT molecular complexity index is 709. The number of nitrogens with zero attached hydrogens (tertiary/aromatic N) is 1. The molecule has 3 heteroatoms. The molecule has 2 aromatic carbocycles. The zero-order valence-corrected chi connectivity index (χ0v) is 11.4. The summed E-state index contributed by atoms with van der Waals surface area (Å²) in [7, 11) is 0. The summed E-state index contributed by atoms with van der Waals surface area (Å²) in [6, 6.07) is 21.5. The number of hydrogen-bond acceptors (Lipinski definition) is 3. The maximum Gasteiger partial charge on any atom is 0.219 e. The Morgan fingerprint density at radius 2 is 1.57 bits per heavy atom. The van der Waals surface area contributed by atoms with Crippen molar-refractivity contribution in [3.05, 3.63) is 78.5 Å². The summed E-state index contributed by atoms with van der Waals surface area (Å²) in [6.07, 6.45) is 1.62. The Morgan fingerprint density at radius 3 is 2.29 bits per heavy atom. The molecule has 0 saturated heterocycles. The van der Waals surface area contributed by atoms with Crippen molar-refractivity contribution in [1.82, 2.24) is 4.98 Å². The second kappa shape index (κ2) is 6.20. The van der Waals surface area contributed by atoms with Gasteiger partial charge in [-0.15, -0.1) is 0 Å².